The van der Waals surface area contributed by atoms with E-state index in [0.717, 1.165) is 16.9 Å². The van der Waals surface area contributed by atoms with Crippen molar-refractivity contribution < 1.29 is 4.79 Å². The molecule has 1 atom stereocenters. The van der Waals surface area contributed by atoms with Gasteiger partial charge < -0.3 is 9.88 Å². The van der Waals surface area contributed by atoms with Crippen LogP contribution in [0.25, 0.3) is 11.0 Å². The van der Waals surface area contributed by atoms with Crippen LogP contribution >= 0.6 is 0 Å². The molecule has 0 spiro atoms. The van der Waals surface area contributed by atoms with Crippen LogP contribution in [0.2, 0.25) is 0 Å². The molecule has 0 fully saturated rings. The number of amides is 1. The Morgan fingerprint density at radius 2 is 1.75 bits per heavy atom. The van der Waals surface area contributed by atoms with Crippen LogP contribution in [0.4, 0.5) is 0 Å². The van der Waals surface area contributed by atoms with Crippen LogP contribution in [0, 0.1) is 6.92 Å². The molecule has 1 unspecified atom stereocenters. The number of nitrogens with one attached hydrogen (secondary N) is 1. The molecule has 2 aromatic carbocycles. The number of nitrogens with zero attached hydrogens (tertiary/aromatic N) is 3. The molecule has 5 nitrogen and oxygen atoms in total. The fourth-order valence-corrected chi connectivity index (χ4v) is 3.31. The lowest BCUT2D eigenvalue weighted by Gasteiger charge is -2.16. The first-order chi connectivity index (χ1) is 13.6. The first kappa shape index (κ1) is 17.9. The van der Waals surface area contributed by atoms with E-state index in [-0.39, 0.29) is 11.9 Å². The fourth-order valence-electron chi connectivity index (χ4n) is 3.31. The molecule has 28 heavy (non-hydrogen) atoms. The smallest absolute Gasteiger partial charge is 0.251 e. The lowest BCUT2D eigenvalue weighted by atomic mass is 10.1. The summed E-state index contributed by atoms with van der Waals surface area (Å²) in [4.78, 5) is 21.3. The lowest BCUT2D eigenvalue weighted by Crippen LogP contribution is -2.28. The molecule has 0 saturated heterocycles. The summed E-state index contributed by atoms with van der Waals surface area (Å²) >= 11 is 0. The zero-order valence-electron chi connectivity index (χ0n) is 16.0. The van der Waals surface area contributed by atoms with Gasteiger partial charge in [0, 0.05) is 24.5 Å². The van der Waals surface area contributed by atoms with E-state index < -0.39 is 0 Å². The van der Waals surface area contributed by atoms with Crippen LogP contribution in [-0.4, -0.2) is 20.4 Å². The molecule has 4 aromatic rings. The van der Waals surface area contributed by atoms with Crippen molar-refractivity contribution in [3.8, 4) is 0 Å². The van der Waals surface area contributed by atoms with Crippen molar-refractivity contribution in [3.05, 3.63) is 95.6 Å². The van der Waals surface area contributed by atoms with Gasteiger partial charge in [-0.25, -0.2) is 4.98 Å². The van der Waals surface area contributed by atoms with E-state index in [1.54, 1.807) is 24.5 Å². The quantitative estimate of drug-likeness (QED) is 0.570. The molecule has 0 bridgehead atoms. The molecule has 4 rings (SSSR count). The van der Waals surface area contributed by atoms with Gasteiger partial charge in [0.1, 0.15) is 5.82 Å². The molecule has 5 heteroatoms. The number of imidazole rings is 1. The van der Waals surface area contributed by atoms with Crippen molar-refractivity contribution >= 4 is 16.9 Å². The second-order valence-electron chi connectivity index (χ2n) is 6.96. The number of pyridine rings is 1. The number of hydrogen-bond donors (Lipinski definition) is 1. The summed E-state index contributed by atoms with van der Waals surface area (Å²) in [5.41, 5.74) is 5.00. The number of carbonyl (C=O) groups excluding carboxylic acids is 1. The normalized spacial score (nSPS) is 12.1. The Bertz CT molecular complexity index is 1100. The number of para-hydroxylation sites is 2. The first-order valence-corrected chi connectivity index (χ1v) is 9.33. The zero-order chi connectivity index (χ0) is 19.5. The number of aromatic nitrogens is 3. The minimum Gasteiger partial charge on any atom is -0.342 e. The monoisotopic (exact) mass is 370 g/mol. The molecular weight excluding hydrogens is 348 g/mol. The lowest BCUT2D eigenvalue weighted by molar-refractivity contribution is 0.0937. The van der Waals surface area contributed by atoms with E-state index in [0.29, 0.717) is 12.1 Å². The van der Waals surface area contributed by atoms with Crippen LogP contribution < -0.4 is 5.32 Å². The van der Waals surface area contributed by atoms with Crippen molar-refractivity contribution in [1.29, 1.82) is 0 Å². The average molecular weight is 370 g/mol. The third-order valence-corrected chi connectivity index (χ3v) is 4.82. The van der Waals surface area contributed by atoms with Crippen molar-refractivity contribution in [1.82, 2.24) is 19.9 Å². The number of rotatable bonds is 5. The summed E-state index contributed by atoms with van der Waals surface area (Å²) in [5, 5.41) is 3.06. The summed E-state index contributed by atoms with van der Waals surface area (Å²) < 4.78 is 2.18. The van der Waals surface area contributed by atoms with Crippen LogP contribution in [0.5, 0.6) is 0 Å². The Labute approximate surface area is 164 Å². The van der Waals surface area contributed by atoms with E-state index in [4.69, 9.17) is 4.98 Å². The van der Waals surface area contributed by atoms with E-state index in [9.17, 15) is 4.79 Å². The van der Waals surface area contributed by atoms with Gasteiger partial charge >= 0.3 is 0 Å². The molecule has 0 radical (unpaired) electrons. The Morgan fingerprint density at radius 1 is 1.04 bits per heavy atom. The van der Waals surface area contributed by atoms with Gasteiger partial charge in [0.25, 0.3) is 5.91 Å². The maximum absolute atomic E-state index is 12.6. The number of benzene rings is 2. The summed E-state index contributed by atoms with van der Waals surface area (Å²) in [6.07, 6.45) is 3.23. The van der Waals surface area contributed by atoms with Gasteiger partial charge in [-0.15, -0.1) is 0 Å². The minimum atomic E-state index is -0.237. The summed E-state index contributed by atoms with van der Waals surface area (Å²) in [7, 11) is 0. The topological polar surface area (TPSA) is 59.8 Å². The van der Waals surface area contributed by atoms with Crippen molar-refractivity contribution in [2.45, 2.75) is 26.4 Å². The molecule has 2 heterocycles. The average Bonchev–Trinajstić information content (AvgIpc) is 3.09. The Morgan fingerprint density at radius 3 is 2.50 bits per heavy atom. The zero-order valence-corrected chi connectivity index (χ0v) is 16.0. The van der Waals surface area contributed by atoms with Crippen LogP contribution in [0.1, 0.15) is 40.3 Å². The van der Waals surface area contributed by atoms with E-state index in [1.165, 1.54) is 11.1 Å². The first-order valence-electron chi connectivity index (χ1n) is 9.33. The molecule has 0 aliphatic rings. The highest BCUT2D eigenvalue weighted by molar-refractivity contribution is 5.94. The van der Waals surface area contributed by atoms with Crippen molar-refractivity contribution in [2.75, 3.05) is 0 Å². The highest BCUT2D eigenvalue weighted by Gasteiger charge is 2.19. The Kier molecular flexibility index (Phi) is 4.89. The minimum absolute atomic E-state index is 0.135. The second-order valence-corrected chi connectivity index (χ2v) is 6.96. The van der Waals surface area contributed by atoms with Crippen LogP contribution in [0.15, 0.2) is 73.1 Å². The van der Waals surface area contributed by atoms with Crippen LogP contribution in [-0.2, 0) is 6.54 Å². The van der Waals surface area contributed by atoms with E-state index in [1.807, 2.05) is 25.1 Å². The van der Waals surface area contributed by atoms with Gasteiger partial charge in [-0.2, -0.15) is 0 Å². The third-order valence-electron chi connectivity index (χ3n) is 4.82. The molecule has 140 valence electrons. The standard InChI is InChI=1S/C23H22N4O/c1-16-7-9-18(10-8-16)15-27-21-6-4-3-5-20(21)26-22(27)17(2)25-23(28)19-11-13-24-14-12-19/h3-14,17H,15H2,1-2H3,(H,25,28). The van der Waals surface area contributed by atoms with E-state index in [2.05, 4.69) is 52.1 Å². The van der Waals surface area contributed by atoms with Crippen molar-refractivity contribution in [2.24, 2.45) is 0 Å². The third kappa shape index (κ3) is 3.64. The van der Waals surface area contributed by atoms with Gasteiger partial charge in [-0.1, -0.05) is 42.0 Å². The van der Waals surface area contributed by atoms with Crippen molar-refractivity contribution in [3.63, 3.8) is 0 Å². The highest BCUT2D eigenvalue weighted by Crippen LogP contribution is 2.22. The maximum Gasteiger partial charge on any atom is 0.251 e. The van der Waals surface area contributed by atoms with E-state index >= 15 is 0 Å². The molecular formula is C23H22N4O. The summed E-state index contributed by atoms with van der Waals surface area (Å²) in [5.74, 6) is 0.702. The summed E-state index contributed by atoms with van der Waals surface area (Å²) in [6, 6.07) is 19.7. The highest BCUT2D eigenvalue weighted by atomic mass is 16.1. The number of aryl methyl sites for hydroxylation is 1. The molecule has 1 amide bonds. The SMILES string of the molecule is Cc1ccc(Cn2c(C(C)NC(=O)c3ccncc3)nc3ccccc32)cc1. The number of hydrogen-bond acceptors (Lipinski definition) is 3. The van der Waals surface area contributed by atoms with Gasteiger partial charge in [-0.3, -0.25) is 9.78 Å². The Hall–Kier alpha value is -3.47. The van der Waals surface area contributed by atoms with Gasteiger partial charge in [0.05, 0.1) is 17.1 Å². The fraction of sp³-hybridized carbons (Fsp3) is 0.174. The van der Waals surface area contributed by atoms with Crippen LogP contribution in [0.3, 0.4) is 0 Å². The number of fused-ring (bicyclic) bond motifs is 1. The maximum atomic E-state index is 12.6. The molecule has 0 aliphatic carbocycles. The van der Waals surface area contributed by atoms with Gasteiger partial charge in [0.15, 0.2) is 0 Å². The molecule has 1 N–H and O–H groups in total. The molecule has 0 saturated carbocycles. The largest absolute Gasteiger partial charge is 0.342 e. The van der Waals surface area contributed by atoms with Gasteiger partial charge in [-0.05, 0) is 43.7 Å². The molecule has 0 aliphatic heterocycles. The summed E-state index contributed by atoms with van der Waals surface area (Å²) in [6.45, 7) is 4.75. The Balaban J connectivity index is 1.67. The predicted molar refractivity (Wildman–Crippen MR) is 110 cm³/mol. The second kappa shape index (κ2) is 7.64. The molecule has 2 aromatic heterocycles. The number of carbonyl (C=O) groups is 1. The predicted octanol–water partition coefficient (Wildman–Crippen LogP) is 4.28. The van der Waals surface area contributed by atoms with Gasteiger partial charge in [0.2, 0.25) is 0 Å².